The van der Waals surface area contributed by atoms with Crippen molar-refractivity contribution < 1.29 is 24.2 Å². The fraction of sp³-hybridized carbons (Fsp3) is 0.500. The number of likely N-dealkylation sites (tertiary alicyclic amines) is 1. The zero-order chi connectivity index (χ0) is 13.1. The third kappa shape index (κ3) is 2.53. The Balaban J connectivity index is 2.01. The number of rotatable bonds is 3. The van der Waals surface area contributed by atoms with Crippen LogP contribution in [0.3, 0.4) is 0 Å². The molecule has 0 bridgehead atoms. The highest BCUT2D eigenvalue weighted by Gasteiger charge is 2.25. The number of carboxylic acid groups (broad SMARTS) is 1. The molecule has 1 aliphatic heterocycles. The maximum Gasteiger partial charge on any atom is 0.338 e. The maximum absolute atomic E-state index is 12.0. The highest BCUT2D eigenvalue weighted by Crippen LogP contribution is 2.19. The molecule has 6 nitrogen and oxygen atoms in total. The number of carbonyl (C=O) groups is 2. The first kappa shape index (κ1) is 12.6. The molecular formula is C12H15NO5. The predicted molar refractivity (Wildman–Crippen MR) is 61.4 cm³/mol. The zero-order valence-corrected chi connectivity index (χ0v) is 9.83. The minimum Gasteiger partial charge on any atom is -0.478 e. The normalized spacial score (nSPS) is 16.8. The molecule has 6 heteroatoms. The summed E-state index contributed by atoms with van der Waals surface area (Å²) in [5.74, 6) is -1.11. The SMILES string of the molecule is O=C(O)c1coc(C(=O)N2CCC(CO)CC2)c1. The first-order valence-corrected chi connectivity index (χ1v) is 5.83. The summed E-state index contributed by atoms with van der Waals surface area (Å²) in [5.41, 5.74) is -0.0244. The summed E-state index contributed by atoms with van der Waals surface area (Å²) >= 11 is 0. The van der Waals surface area contributed by atoms with Crippen molar-refractivity contribution in [2.45, 2.75) is 12.8 Å². The smallest absolute Gasteiger partial charge is 0.338 e. The predicted octanol–water partition coefficient (Wildman–Crippen LogP) is 0.822. The van der Waals surface area contributed by atoms with E-state index in [0.717, 1.165) is 19.1 Å². The molecular weight excluding hydrogens is 238 g/mol. The molecule has 1 aromatic heterocycles. The Morgan fingerprint density at radius 3 is 2.56 bits per heavy atom. The first-order valence-electron chi connectivity index (χ1n) is 5.83. The summed E-state index contributed by atoms with van der Waals surface area (Å²) in [4.78, 5) is 24.3. The average molecular weight is 253 g/mol. The van der Waals surface area contributed by atoms with Crippen LogP contribution in [0, 0.1) is 5.92 Å². The van der Waals surface area contributed by atoms with Crippen molar-refractivity contribution in [3.05, 3.63) is 23.7 Å². The van der Waals surface area contributed by atoms with Crippen LogP contribution in [0.15, 0.2) is 16.7 Å². The van der Waals surface area contributed by atoms with E-state index in [2.05, 4.69) is 0 Å². The number of hydrogen-bond donors (Lipinski definition) is 2. The van der Waals surface area contributed by atoms with E-state index in [1.807, 2.05) is 0 Å². The van der Waals surface area contributed by atoms with Crippen LogP contribution in [0.2, 0.25) is 0 Å². The van der Waals surface area contributed by atoms with Gasteiger partial charge in [-0.15, -0.1) is 0 Å². The molecule has 0 aliphatic carbocycles. The van der Waals surface area contributed by atoms with Gasteiger partial charge in [0.1, 0.15) is 6.26 Å². The second-order valence-corrected chi connectivity index (χ2v) is 4.42. The lowest BCUT2D eigenvalue weighted by Crippen LogP contribution is -2.39. The molecule has 2 rings (SSSR count). The molecule has 1 saturated heterocycles. The Hall–Kier alpha value is -1.82. The quantitative estimate of drug-likeness (QED) is 0.832. The van der Waals surface area contributed by atoms with Crippen molar-refractivity contribution in [1.29, 1.82) is 0 Å². The number of aliphatic hydroxyl groups excluding tert-OH is 1. The number of hydrogen-bond acceptors (Lipinski definition) is 4. The van der Waals surface area contributed by atoms with Gasteiger partial charge >= 0.3 is 5.97 Å². The second kappa shape index (κ2) is 5.22. The van der Waals surface area contributed by atoms with E-state index in [1.54, 1.807) is 4.90 Å². The van der Waals surface area contributed by atoms with E-state index in [0.29, 0.717) is 13.1 Å². The third-order valence-electron chi connectivity index (χ3n) is 3.22. The van der Waals surface area contributed by atoms with Gasteiger partial charge in [-0.25, -0.2) is 4.79 Å². The Morgan fingerprint density at radius 1 is 1.39 bits per heavy atom. The topological polar surface area (TPSA) is 91.0 Å². The van der Waals surface area contributed by atoms with Gasteiger partial charge in [0.25, 0.3) is 5.91 Å². The van der Waals surface area contributed by atoms with Crippen molar-refractivity contribution in [3.63, 3.8) is 0 Å². The summed E-state index contributed by atoms with van der Waals surface area (Å²) in [6.45, 7) is 1.27. The molecule has 0 spiro atoms. The summed E-state index contributed by atoms with van der Waals surface area (Å²) in [6.07, 6.45) is 2.58. The lowest BCUT2D eigenvalue weighted by atomic mass is 9.98. The van der Waals surface area contributed by atoms with Gasteiger partial charge in [-0.3, -0.25) is 4.79 Å². The lowest BCUT2D eigenvalue weighted by Gasteiger charge is -2.30. The molecule has 1 amide bonds. The van der Waals surface area contributed by atoms with Gasteiger partial charge in [-0.1, -0.05) is 0 Å². The van der Waals surface area contributed by atoms with Crippen molar-refractivity contribution in [3.8, 4) is 0 Å². The highest BCUT2D eigenvalue weighted by molar-refractivity contribution is 5.95. The van der Waals surface area contributed by atoms with Gasteiger partial charge in [0.05, 0.1) is 5.56 Å². The molecule has 98 valence electrons. The van der Waals surface area contributed by atoms with Crippen molar-refractivity contribution >= 4 is 11.9 Å². The number of nitrogens with zero attached hydrogens (tertiary/aromatic N) is 1. The van der Waals surface area contributed by atoms with Gasteiger partial charge in [-0.2, -0.15) is 0 Å². The zero-order valence-electron chi connectivity index (χ0n) is 9.83. The molecule has 18 heavy (non-hydrogen) atoms. The second-order valence-electron chi connectivity index (χ2n) is 4.42. The standard InChI is InChI=1S/C12H15NO5/c14-6-8-1-3-13(4-2-8)11(15)10-5-9(7-18-10)12(16)17/h5,7-8,14H,1-4,6H2,(H,16,17). The average Bonchev–Trinajstić information content (AvgIpc) is 2.88. The summed E-state index contributed by atoms with van der Waals surface area (Å²) in [6, 6.07) is 1.24. The number of amides is 1. The van der Waals surface area contributed by atoms with Gasteiger partial charge in [-0.05, 0) is 18.8 Å². The number of aromatic carboxylic acids is 1. The number of piperidine rings is 1. The van der Waals surface area contributed by atoms with Gasteiger partial charge in [0.2, 0.25) is 0 Å². The van der Waals surface area contributed by atoms with Crippen LogP contribution >= 0.6 is 0 Å². The van der Waals surface area contributed by atoms with Crippen LogP contribution < -0.4 is 0 Å². The largest absolute Gasteiger partial charge is 0.478 e. The fourth-order valence-corrected chi connectivity index (χ4v) is 2.03. The van der Waals surface area contributed by atoms with E-state index in [-0.39, 0.29) is 29.8 Å². The molecule has 0 aromatic carbocycles. The first-order chi connectivity index (χ1) is 8.61. The Kier molecular flexibility index (Phi) is 3.66. The summed E-state index contributed by atoms with van der Waals surface area (Å²) in [7, 11) is 0. The molecule has 1 aromatic rings. The fourth-order valence-electron chi connectivity index (χ4n) is 2.03. The van der Waals surface area contributed by atoms with E-state index < -0.39 is 5.97 Å². The summed E-state index contributed by atoms with van der Waals surface area (Å²) in [5, 5.41) is 17.8. The number of carboxylic acids is 1. The molecule has 0 radical (unpaired) electrons. The molecule has 2 N–H and O–H groups in total. The van der Waals surface area contributed by atoms with E-state index >= 15 is 0 Å². The van der Waals surface area contributed by atoms with Crippen LogP contribution in [0.5, 0.6) is 0 Å². The van der Waals surface area contributed by atoms with Crippen molar-refractivity contribution in [2.75, 3.05) is 19.7 Å². The van der Waals surface area contributed by atoms with Crippen LogP contribution in [0.4, 0.5) is 0 Å². The minimum absolute atomic E-state index is 0.0244. The van der Waals surface area contributed by atoms with Crippen LogP contribution in [-0.4, -0.2) is 46.7 Å². The monoisotopic (exact) mass is 253 g/mol. The van der Waals surface area contributed by atoms with Crippen LogP contribution in [-0.2, 0) is 0 Å². The molecule has 1 fully saturated rings. The number of aliphatic hydroxyl groups is 1. The number of furan rings is 1. The third-order valence-corrected chi connectivity index (χ3v) is 3.22. The summed E-state index contributed by atoms with van der Waals surface area (Å²) < 4.78 is 4.97. The Labute approximate surface area is 104 Å². The van der Waals surface area contributed by atoms with Crippen molar-refractivity contribution in [1.82, 2.24) is 4.90 Å². The van der Waals surface area contributed by atoms with Gasteiger partial charge in [0, 0.05) is 25.8 Å². The van der Waals surface area contributed by atoms with Gasteiger partial charge < -0.3 is 19.5 Å². The molecule has 2 heterocycles. The number of carbonyl (C=O) groups excluding carboxylic acids is 1. The molecule has 0 unspecified atom stereocenters. The van der Waals surface area contributed by atoms with E-state index in [9.17, 15) is 9.59 Å². The Morgan fingerprint density at radius 2 is 2.06 bits per heavy atom. The van der Waals surface area contributed by atoms with E-state index in [1.165, 1.54) is 6.07 Å². The van der Waals surface area contributed by atoms with E-state index in [4.69, 9.17) is 14.6 Å². The molecule has 0 saturated carbocycles. The lowest BCUT2D eigenvalue weighted by molar-refractivity contribution is 0.0619. The molecule has 0 atom stereocenters. The van der Waals surface area contributed by atoms with Crippen LogP contribution in [0.1, 0.15) is 33.8 Å². The highest BCUT2D eigenvalue weighted by atomic mass is 16.4. The Bertz CT molecular complexity index is 445. The van der Waals surface area contributed by atoms with Crippen LogP contribution in [0.25, 0.3) is 0 Å². The van der Waals surface area contributed by atoms with Crippen molar-refractivity contribution in [2.24, 2.45) is 5.92 Å². The molecule has 1 aliphatic rings. The maximum atomic E-state index is 12.0. The minimum atomic E-state index is -1.11. The van der Waals surface area contributed by atoms with Gasteiger partial charge in [0.15, 0.2) is 5.76 Å².